The fourth-order valence-corrected chi connectivity index (χ4v) is 8.26. The molecule has 4 aromatic heterocycles. The number of rotatable bonds is 8. The van der Waals surface area contributed by atoms with Gasteiger partial charge in [-0.25, -0.2) is 9.97 Å². The van der Waals surface area contributed by atoms with Crippen LogP contribution in [0.2, 0.25) is 30.7 Å². The topological polar surface area (TPSA) is 91.7 Å². The van der Waals surface area contributed by atoms with Crippen molar-refractivity contribution in [2.45, 2.75) is 77.7 Å². The van der Waals surface area contributed by atoms with E-state index in [2.05, 4.69) is 44.8 Å². The highest BCUT2D eigenvalue weighted by Gasteiger charge is 2.46. The Morgan fingerprint density at radius 3 is 2.67 bits per heavy atom. The quantitative estimate of drug-likeness (QED) is 0.101. The summed E-state index contributed by atoms with van der Waals surface area (Å²) < 4.78 is 18.1. The predicted octanol–water partition coefficient (Wildman–Crippen LogP) is 6.93. The van der Waals surface area contributed by atoms with Gasteiger partial charge in [-0.15, -0.1) is 0 Å². The lowest BCUT2D eigenvalue weighted by atomic mass is 9.85. The van der Waals surface area contributed by atoms with Gasteiger partial charge in [-0.2, -0.15) is 5.10 Å². The van der Waals surface area contributed by atoms with E-state index < -0.39 is 13.7 Å². The Morgan fingerprint density at radius 1 is 1.13 bits per heavy atom. The lowest BCUT2D eigenvalue weighted by Crippen LogP contribution is -2.42. The van der Waals surface area contributed by atoms with Crippen molar-refractivity contribution in [1.82, 2.24) is 33.6 Å². The summed E-state index contributed by atoms with van der Waals surface area (Å²) in [6.45, 7) is 15.6. The van der Waals surface area contributed by atoms with Gasteiger partial charge in [0.2, 0.25) is 0 Å². The van der Waals surface area contributed by atoms with Gasteiger partial charge in [0.25, 0.3) is 0 Å². The van der Waals surface area contributed by atoms with Gasteiger partial charge in [0.15, 0.2) is 0 Å². The van der Waals surface area contributed by atoms with Crippen LogP contribution < -0.4 is 0 Å². The number of hydrogen-bond acceptors (Lipinski definition) is 7. The number of esters is 1. The van der Waals surface area contributed by atoms with Crippen molar-refractivity contribution < 1.29 is 14.3 Å². The van der Waals surface area contributed by atoms with Gasteiger partial charge in [0, 0.05) is 69.6 Å². The second-order valence-corrected chi connectivity index (χ2v) is 21.3. The standard InChI is InChI=1S/C34H44ClN7O3Si/c1-34(2,3)45-33(43)22-16-21-10-12-40(17-22)29(21)32-37-31-27(30-36-11-13-42(30)32)24(19-41(31)20-44-14-15-46(5,6)7)23-8-9-26-25(28(23)35)18-39(4)38-26/h8-9,11,13,18-19,21-22,29H,10,12,14-17,20H2,1-7H3/t21-,22-,29?/m1/s1. The zero-order valence-corrected chi connectivity index (χ0v) is 29.6. The summed E-state index contributed by atoms with van der Waals surface area (Å²) >= 11 is 7.10. The van der Waals surface area contributed by atoms with Gasteiger partial charge in [0.1, 0.15) is 29.5 Å². The van der Waals surface area contributed by atoms with Gasteiger partial charge in [-0.3, -0.25) is 18.8 Å². The number of fused-ring (bicyclic) bond motifs is 6. The van der Waals surface area contributed by atoms with Crippen molar-refractivity contribution in [2.75, 3.05) is 19.7 Å². The smallest absolute Gasteiger partial charge is 0.310 e. The molecule has 0 aliphatic carbocycles. The van der Waals surface area contributed by atoms with Crippen molar-refractivity contribution in [2.24, 2.45) is 18.9 Å². The highest BCUT2D eigenvalue weighted by Crippen LogP contribution is 2.47. The van der Waals surface area contributed by atoms with Crippen LogP contribution in [-0.2, 0) is 28.0 Å². The fourth-order valence-electron chi connectivity index (χ4n) is 7.19. The number of carbonyl (C=O) groups excluding carboxylic acids is 1. The number of piperidine rings is 1. The second-order valence-electron chi connectivity index (χ2n) is 15.3. The first-order valence-electron chi connectivity index (χ1n) is 16.3. The largest absolute Gasteiger partial charge is 0.460 e. The van der Waals surface area contributed by atoms with Gasteiger partial charge >= 0.3 is 5.97 Å². The average molecular weight is 662 g/mol. The van der Waals surface area contributed by atoms with Gasteiger partial charge < -0.3 is 14.0 Å². The molecule has 2 bridgehead atoms. The predicted molar refractivity (Wildman–Crippen MR) is 184 cm³/mol. The maximum Gasteiger partial charge on any atom is 0.310 e. The molecule has 244 valence electrons. The van der Waals surface area contributed by atoms with E-state index >= 15 is 0 Å². The van der Waals surface area contributed by atoms with Crippen LogP contribution in [0.4, 0.5) is 0 Å². The molecule has 2 aliphatic heterocycles. The Balaban J connectivity index is 1.32. The lowest BCUT2D eigenvalue weighted by molar-refractivity contribution is -0.162. The molecule has 2 aliphatic rings. The first kappa shape index (κ1) is 31.4. The maximum atomic E-state index is 13.1. The average Bonchev–Trinajstić information content (AvgIpc) is 3.73. The molecule has 0 radical (unpaired) electrons. The molecule has 10 nitrogen and oxygen atoms in total. The van der Waals surface area contributed by atoms with Crippen LogP contribution >= 0.6 is 11.6 Å². The SMILES string of the molecule is Cn1cc2c(Cl)c(-c3cn(COCC[Si](C)(C)C)c4nc(C5[C@@H]6CCN5C[C@H](C(=O)OC(C)(C)C)C6)n5ccnc5c34)ccc2n1. The third kappa shape index (κ3) is 5.76. The molecular formula is C34H44ClN7O3Si. The number of carbonyl (C=O) groups is 1. The molecule has 0 spiro atoms. The summed E-state index contributed by atoms with van der Waals surface area (Å²) in [6.07, 6.45) is 9.74. The molecule has 12 heteroatoms. The number of hydrogen-bond donors (Lipinski definition) is 0. The van der Waals surface area contributed by atoms with Crippen molar-refractivity contribution in [1.29, 1.82) is 0 Å². The van der Waals surface area contributed by atoms with E-state index in [1.54, 1.807) is 4.68 Å². The van der Waals surface area contributed by atoms with Crippen LogP contribution in [0.1, 0.15) is 45.5 Å². The Bertz CT molecular complexity index is 1940. The minimum atomic E-state index is -1.25. The van der Waals surface area contributed by atoms with Crippen molar-refractivity contribution >= 4 is 53.2 Å². The molecule has 0 amide bonds. The molecule has 5 aromatic rings. The van der Waals surface area contributed by atoms with E-state index in [9.17, 15) is 4.79 Å². The molecule has 1 aromatic carbocycles. The number of benzene rings is 1. The highest BCUT2D eigenvalue weighted by atomic mass is 35.5. The number of halogens is 1. The number of ether oxygens (including phenoxy) is 2. The summed E-state index contributed by atoms with van der Waals surface area (Å²) in [6, 6.07) is 5.22. The van der Waals surface area contributed by atoms with Gasteiger partial charge in [0.05, 0.1) is 27.9 Å². The molecule has 0 saturated carbocycles. The zero-order valence-electron chi connectivity index (χ0n) is 27.9. The summed E-state index contributed by atoms with van der Waals surface area (Å²) in [5.74, 6) is 1.01. The summed E-state index contributed by atoms with van der Waals surface area (Å²) in [5, 5.41) is 7.06. The first-order valence-corrected chi connectivity index (χ1v) is 20.4. The van der Waals surface area contributed by atoms with Gasteiger partial charge in [-0.05, 0) is 58.2 Å². The van der Waals surface area contributed by atoms with E-state index in [4.69, 9.17) is 31.0 Å². The number of aromatic nitrogens is 6. The molecule has 0 N–H and O–H groups in total. The van der Waals surface area contributed by atoms with Crippen LogP contribution in [0.25, 0.3) is 38.7 Å². The normalized spacial score (nSPS) is 22.0. The molecule has 4 atom stereocenters. The third-order valence-corrected chi connectivity index (χ3v) is 11.4. The van der Waals surface area contributed by atoms with E-state index in [1.165, 1.54) is 0 Å². The summed E-state index contributed by atoms with van der Waals surface area (Å²) in [5.41, 5.74) is 3.90. The van der Waals surface area contributed by atoms with Crippen LogP contribution in [0.5, 0.6) is 0 Å². The third-order valence-electron chi connectivity index (χ3n) is 9.31. The van der Waals surface area contributed by atoms with Gasteiger partial charge in [-0.1, -0.05) is 37.3 Å². The van der Waals surface area contributed by atoms with Crippen molar-refractivity contribution in [3.05, 3.63) is 47.8 Å². The van der Waals surface area contributed by atoms with Crippen LogP contribution in [-0.4, -0.2) is 73.0 Å². The molecular weight excluding hydrogens is 618 g/mol. The number of nitrogens with zero attached hydrogens (tertiary/aromatic N) is 7. The number of imidazole rings is 1. The number of aryl methyl sites for hydroxylation is 1. The maximum absolute atomic E-state index is 13.1. The van der Waals surface area contributed by atoms with Crippen molar-refractivity contribution in [3.63, 3.8) is 0 Å². The molecule has 2 saturated heterocycles. The Labute approximate surface area is 275 Å². The second kappa shape index (κ2) is 11.5. The minimum Gasteiger partial charge on any atom is -0.460 e. The lowest BCUT2D eigenvalue weighted by Gasteiger charge is -2.37. The van der Waals surface area contributed by atoms with E-state index in [0.717, 1.165) is 70.0 Å². The van der Waals surface area contributed by atoms with E-state index in [0.29, 0.717) is 30.8 Å². The molecule has 6 heterocycles. The molecule has 2 fully saturated rings. The highest BCUT2D eigenvalue weighted by molar-refractivity contribution is 6.76. The Kier molecular flexibility index (Phi) is 7.82. The van der Waals surface area contributed by atoms with Crippen LogP contribution in [0, 0.1) is 11.8 Å². The van der Waals surface area contributed by atoms with Crippen LogP contribution in [0.3, 0.4) is 0 Å². The monoisotopic (exact) mass is 661 g/mol. The minimum absolute atomic E-state index is 0.0785. The van der Waals surface area contributed by atoms with E-state index in [1.807, 2.05) is 58.5 Å². The van der Waals surface area contributed by atoms with E-state index in [-0.39, 0.29) is 17.9 Å². The summed E-state index contributed by atoms with van der Waals surface area (Å²) in [7, 11) is 0.657. The Morgan fingerprint density at radius 2 is 1.93 bits per heavy atom. The zero-order chi connectivity index (χ0) is 32.5. The van der Waals surface area contributed by atoms with Crippen LogP contribution in [0.15, 0.2) is 36.9 Å². The fraction of sp³-hybridized carbons (Fsp3) is 0.529. The van der Waals surface area contributed by atoms with Crippen molar-refractivity contribution in [3.8, 4) is 11.1 Å². The molecule has 46 heavy (non-hydrogen) atoms. The Hall–Kier alpha value is -3.25. The summed E-state index contributed by atoms with van der Waals surface area (Å²) in [4.78, 5) is 25.8. The molecule has 7 rings (SSSR count). The first-order chi connectivity index (χ1) is 21.8. The molecule has 2 unspecified atom stereocenters.